The van der Waals surface area contributed by atoms with E-state index in [-0.39, 0.29) is 5.75 Å². The van der Waals surface area contributed by atoms with Crippen molar-refractivity contribution >= 4 is 31.6 Å². The highest BCUT2D eigenvalue weighted by Gasteiger charge is 2.12. The van der Waals surface area contributed by atoms with Crippen LogP contribution in [0.15, 0.2) is 108 Å². The fourth-order valence-electron chi connectivity index (χ4n) is 3.84. The summed E-state index contributed by atoms with van der Waals surface area (Å²) in [4.78, 5) is 0.297. The van der Waals surface area contributed by atoms with Crippen molar-refractivity contribution in [3.05, 3.63) is 109 Å². The minimum atomic E-state index is -3.40. The van der Waals surface area contributed by atoms with Crippen molar-refractivity contribution in [3.8, 4) is 17.5 Å². The van der Waals surface area contributed by atoms with Crippen LogP contribution in [0, 0.1) is 11.8 Å². The molecule has 0 bridgehead atoms. The summed E-state index contributed by atoms with van der Waals surface area (Å²) in [6, 6.07) is 33.1. The molecule has 4 aromatic carbocycles. The molecule has 0 aliphatic rings. The summed E-state index contributed by atoms with van der Waals surface area (Å²) >= 11 is 0. The first-order chi connectivity index (χ1) is 15.1. The summed E-state index contributed by atoms with van der Waals surface area (Å²) in [6.45, 7) is 0. The highest BCUT2D eigenvalue weighted by Crippen LogP contribution is 2.31. The fourth-order valence-corrected chi connectivity index (χ4v) is 4.84. The summed E-state index contributed by atoms with van der Waals surface area (Å²) in [5, 5.41) is 2.43. The average molecular weight is 422 g/mol. The molecule has 0 aliphatic carbocycles. The maximum Gasteiger partial charge on any atom is 0.189 e. The van der Waals surface area contributed by atoms with Crippen LogP contribution in [0.25, 0.3) is 27.5 Å². The van der Waals surface area contributed by atoms with Gasteiger partial charge in [0, 0.05) is 22.0 Å². The third-order valence-corrected chi connectivity index (χ3v) is 6.82. The molecule has 0 saturated carbocycles. The molecular formula is C27H19NO2S. The summed E-state index contributed by atoms with van der Waals surface area (Å²) in [5.41, 5.74) is 4.13. The molecule has 0 unspecified atom stereocenters. The van der Waals surface area contributed by atoms with E-state index in [1.54, 1.807) is 30.3 Å². The van der Waals surface area contributed by atoms with Gasteiger partial charge in [-0.05, 0) is 48.5 Å². The largest absolute Gasteiger partial charge is 0.309 e. The number of sulfone groups is 1. The second-order valence-corrected chi connectivity index (χ2v) is 9.28. The van der Waals surface area contributed by atoms with Crippen molar-refractivity contribution in [2.75, 3.05) is 5.75 Å². The third kappa shape index (κ3) is 3.61. The highest BCUT2D eigenvalue weighted by atomic mass is 32.2. The zero-order valence-electron chi connectivity index (χ0n) is 16.7. The molecule has 31 heavy (non-hydrogen) atoms. The molecule has 0 spiro atoms. The van der Waals surface area contributed by atoms with E-state index in [0.717, 1.165) is 22.3 Å². The first-order valence-electron chi connectivity index (χ1n) is 9.99. The van der Waals surface area contributed by atoms with E-state index in [2.05, 4.69) is 52.8 Å². The van der Waals surface area contributed by atoms with Crippen molar-refractivity contribution in [2.24, 2.45) is 0 Å². The third-order valence-electron chi connectivity index (χ3n) is 5.30. The zero-order valence-corrected chi connectivity index (χ0v) is 17.5. The maximum absolute atomic E-state index is 12.4. The van der Waals surface area contributed by atoms with Gasteiger partial charge in [0.2, 0.25) is 0 Å². The maximum atomic E-state index is 12.4. The van der Waals surface area contributed by atoms with Gasteiger partial charge in [-0.1, -0.05) is 66.4 Å². The summed E-state index contributed by atoms with van der Waals surface area (Å²) < 4.78 is 27.0. The number of hydrogen-bond donors (Lipinski definition) is 0. The second kappa shape index (κ2) is 7.79. The highest BCUT2D eigenvalue weighted by molar-refractivity contribution is 7.91. The van der Waals surface area contributed by atoms with Crippen LogP contribution in [-0.2, 0) is 9.84 Å². The first kappa shape index (κ1) is 19.2. The quantitative estimate of drug-likeness (QED) is 0.355. The number of para-hydroxylation sites is 2. The van der Waals surface area contributed by atoms with E-state index in [4.69, 9.17) is 0 Å². The summed E-state index contributed by atoms with van der Waals surface area (Å²) in [6.07, 6.45) is 0. The Labute approximate surface area is 181 Å². The van der Waals surface area contributed by atoms with Crippen LogP contribution in [0.2, 0.25) is 0 Å². The molecule has 0 aliphatic heterocycles. The molecule has 0 amide bonds. The Balaban J connectivity index is 1.46. The molecule has 5 aromatic rings. The SMILES string of the molecule is O=S(=O)(CC#Cc1ccc(-n2c3ccccc3c3ccccc32)cc1)c1ccccc1. The number of nitrogens with zero attached hydrogens (tertiary/aromatic N) is 1. The minimum absolute atomic E-state index is 0.203. The van der Waals surface area contributed by atoms with Gasteiger partial charge in [0.15, 0.2) is 9.84 Å². The molecule has 150 valence electrons. The molecule has 0 saturated heterocycles. The van der Waals surface area contributed by atoms with Gasteiger partial charge in [0.1, 0.15) is 5.75 Å². The standard InChI is InChI=1S/C27H19NO2S/c29-31(30,23-10-2-1-3-11-23)20-8-9-21-16-18-22(19-17-21)28-26-14-6-4-12-24(26)25-13-5-7-15-27(25)28/h1-7,10-19H,20H2. The van der Waals surface area contributed by atoms with Crippen molar-refractivity contribution < 1.29 is 8.42 Å². The minimum Gasteiger partial charge on any atom is -0.309 e. The van der Waals surface area contributed by atoms with Crippen LogP contribution in [-0.4, -0.2) is 18.7 Å². The Morgan fingerprint density at radius 1 is 0.645 bits per heavy atom. The number of hydrogen-bond acceptors (Lipinski definition) is 2. The smallest absolute Gasteiger partial charge is 0.189 e. The molecule has 0 atom stereocenters. The van der Waals surface area contributed by atoms with Gasteiger partial charge in [0.05, 0.1) is 15.9 Å². The molecule has 1 aromatic heterocycles. The van der Waals surface area contributed by atoms with Crippen LogP contribution < -0.4 is 0 Å². The van der Waals surface area contributed by atoms with Gasteiger partial charge in [-0.25, -0.2) is 8.42 Å². The lowest BCUT2D eigenvalue weighted by molar-refractivity contribution is 0.599. The van der Waals surface area contributed by atoms with E-state index in [9.17, 15) is 8.42 Å². The zero-order chi connectivity index (χ0) is 21.3. The van der Waals surface area contributed by atoms with E-state index in [1.807, 2.05) is 36.4 Å². The van der Waals surface area contributed by atoms with Crippen molar-refractivity contribution in [1.29, 1.82) is 0 Å². The first-order valence-corrected chi connectivity index (χ1v) is 11.6. The lowest BCUT2D eigenvalue weighted by Crippen LogP contribution is -2.04. The molecule has 0 N–H and O–H groups in total. The molecular weight excluding hydrogens is 402 g/mol. The fraction of sp³-hybridized carbons (Fsp3) is 0.0370. The average Bonchev–Trinajstić information content (AvgIpc) is 3.15. The Morgan fingerprint density at radius 3 is 1.81 bits per heavy atom. The van der Waals surface area contributed by atoms with Crippen LogP contribution in [0.1, 0.15) is 5.56 Å². The topological polar surface area (TPSA) is 39.1 Å². The van der Waals surface area contributed by atoms with Crippen molar-refractivity contribution in [2.45, 2.75) is 4.90 Å². The molecule has 4 heteroatoms. The van der Waals surface area contributed by atoms with E-state index in [0.29, 0.717) is 4.90 Å². The van der Waals surface area contributed by atoms with Crippen LogP contribution in [0.5, 0.6) is 0 Å². The van der Waals surface area contributed by atoms with Gasteiger partial charge in [0.25, 0.3) is 0 Å². The molecule has 0 fully saturated rings. The van der Waals surface area contributed by atoms with E-state index >= 15 is 0 Å². The Kier molecular flexibility index (Phi) is 4.82. The van der Waals surface area contributed by atoms with Crippen LogP contribution in [0.4, 0.5) is 0 Å². The van der Waals surface area contributed by atoms with Crippen molar-refractivity contribution in [3.63, 3.8) is 0 Å². The Bertz CT molecular complexity index is 1500. The summed E-state index contributed by atoms with van der Waals surface area (Å²) in [5.74, 6) is 5.59. The van der Waals surface area contributed by atoms with E-state index in [1.165, 1.54) is 10.8 Å². The second-order valence-electron chi connectivity index (χ2n) is 7.29. The van der Waals surface area contributed by atoms with Gasteiger partial charge in [-0.3, -0.25) is 0 Å². The van der Waals surface area contributed by atoms with Gasteiger partial charge < -0.3 is 4.57 Å². The van der Waals surface area contributed by atoms with Crippen LogP contribution >= 0.6 is 0 Å². The molecule has 5 rings (SSSR count). The molecule has 0 radical (unpaired) electrons. The van der Waals surface area contributed by atoms with E-state index < -0.39 is 9.84 Å². The number of rotatable bonds is 3. The normalized spacial score (nSPS) is 11.4. The number of aromatic nitrogens is 1. The Hall–Kier alpha value is -3.81. The monoisotopic (exact) mass is 421 g/mol. The summed E-state index contributed by atoms with van der Waals surface area (Å²) in [7, 11) is -3.40. The number of benzene rings is 4. The lowest BCUT2D eigenvalue weighted by Gasteiger charge is -2.07. The van der Waals surface area contributed by atoms with Gasteiger partial charge in [-0.15, -0.1) is 0 Å². The molecule has 1 heterocycles. The van der Waals surface area contributed by atoms with Gasteiger partial charge in [-0.2, -0.15) is 0 Å². The number of fused-ring (bicyclic) bond motifs is 3. The Morgan fingerprint density at radius 2 is 1.19 bits per heavy atom. The van der Waals surface area contributed by atoms with Crippen molar-refractivity contribution in [1.82, 2.24) is 4.57 Å². The predicted molar refractivity (Wildman–Crippen MR) is 126 cm³/mol. The van der Waals surface area contributed by atoms with Crippen LogP contribution in [0.3, 0.4) is 0 Å². The molecule has 3 nitrogen and oxygen atoms in total. The van der Waals surface area contributed by atoms with Gasteiger partial charge >= 0.3 is 0 Å². The predicted octanol–water partition coefficient (Wildman–Crippen LogP) is 5.61. The lowest BCUT2D eigenvalue weighted by atomic mass is 10.2.